The van der Waals surface area contributed by atoms with Crippen LogP contribution in [-0.4, -0.2) is 42.2 Å². The number of anilines is 3. The minimum absolute atomic E-state index is 0.621. The first-order chi connectivity index (χ1) is 11.3. The summed E-state index contributed by atoms with van der Waals surface area (Å²) < 4.78 is 0. The van der Waals surface area contributed by atoms with E-state index in [4.69, 9.17) is 0 Å². The lowest BCUT2D eigenvalue weighted by Crippen LogP contribution is -2.47. The standard InChI is InChI=1S/C18H23N5/c1-14-3-2-4-16(13-14)22-9-11-23(12-10-22)18-19-8-7-17(21-18)20-15-5-6-15/h2-4,7-8,13,15H,5-6,9-12H2,1H3,(H,19,20,21). The van der Waals surface area contributed by atoms with Crippen molar-refractivity contribution < 1.29 is 0 Å². The monoisotopic (exact) mass is 309 g/mol. The maximum Gasteiger partial charge on any atom is 0.227 e. The lowest BCUT2D eigenvalue weighted by atomic mass is 10.2. The van der Waals surface area contributed by atoms with Crippen LogP contribution in [0.25, 0.3) is 0 Å². The van der Waals surface area contributed by atoms with Gasteiger partial charge in [0.25, 0.3) is 0 Å². The van der Waals surface area contributed by atoms with Gasteiger partial charge in [-0.15, -0.1) is 0 Å². The number of aromatic nitrogens is 2. The zero-order valence-corrected chi connectivity index (χ0v) is 13.6. The van der Waals surface area contributed by atoms with E-state index in [-0.39, 0.29) is 0 Å². The van der Waals surface area contributed by atoms with Crippen molar-refractivity contribution in [1.82, 2.24) is 9.97 Å². The Hall–Kier alpha value is -2.30. The van der Waals surface area contributed by atoms with Gasteiger partial charge in [-0.3, -0.25) is 0 Å². The maximum absolute atomic E-state index is 4.67. The molecule has 2 aromatic rings. The summed E-state index contributed by atoms with van der Waals surface area (Å²) >= 11 is 0. The number of aryl methyl sites for hydroxylation is 1. The first-order valence-corrected chi connectivity index (χ1v) is 8.44. The van der Waals surface area contributed by atoms with Crippen molar-refractivity contribution in [2.24, 2.45) is 0 Å². The van der Waals surface area contributed by atoms with Gasteiger partial charge >= 0.3 is 0 Å². The smallest absolute Gasteiger partial charge is 0.227 e. The lowest BCUT2D eigenvalue weighted by Gasteiger charge is -2.36. The molecule has 0 spiro atoms. The summed E-state index contributed by atoms with van der Waals surface area (Å²) in [6, 6.07) is 11.3. The number of hydrogen-bond acceptors (Lipinski definition) is 5. The molecule has 2 fully saturated rings. The Balaban J connectivity index is 1.41. The molecule has 0 atom stereocenters. The van der Waals surface area contributed by atoms with Crippen LogP contribution in [0.2, 0.25) is 0 Å². The fourth-order valence-electron chi connectivity index (χ4n) is 3.01. The normalized spacial score (nSPS) is 18.1. The van der Waals surface area contributed by atoms with E-state index in [0.717, 1.165) is 37.9 Å². The predicted octanol–water partition coefficient (Wildman–Crippen LogP) is 2.69. The Morgan fingerprint density at radius 2 is 1.83 bits per heavy atom. The van der Waals surface area contributed by atoms with Gasteiger partial charge < -0.3 is 15.1 Å². The summed E-state index contributed by atoms with van der Waals surface area (Å²) in [5.74, 6) is 1.80. The summed E-state index contributed by atoms with van der Waals surface area (Å²) in [4.78, 5) is 13.9. The highest BCUT2D eigenvalue weighted by atomic mass is 15.3. The van der Waals surface area contributed by atoms with Crippen molar-refractivity contribution >= 4 is 17.5 Å². The third kappa shape index (κ3) is 3.38. The molecule has 1 aliphatic carbocycles. The minimum atomic E-state index is 0.621. The third-order valence-corrected chi connectivity index (χ3v) is 4.50. The number of nitrogens with zero attached hydrogens (tertiary/aromatic N) is 4. The zero-order chi connectivity index (χ0) is 15.6. The van der Waals surface area contributed by atoms with Crippen molar-refractivity contribution in [2.75, 3.05) is 41.3 Å². The molecule has 0 bridgehead atoms. The highest BCUT2D eigenvalue weighted by Crippen LogP contribution is 2.24. The van der Waals surface area contributed by atoms with Crippen LogP contribution in [0.4, 0.5) is 17.5 Å². The maximum atomic E-state index is 4.67. The van der Waals surface area contributed by atoms with E-state index < -0.39 is 0 Å². The Morgan fingerprint density at radius 1 is 1.04 bits per heavy atom. The van der Waals surface area contributed by atoms with Gasteiger partial charge in [0.1, 0.15) is 5.82 Å². The van der Waals surface area contributed by atoms with Crippen LogP contribution in [0.1, 0.15) is 18.4 Å². The number of nitrogens with one attached hydrogen (secondary N) is 1. The molecule has 1 N–H and O–H groups in total. The molecule has 0 unspecified atom stereocenters. The molecular weight excluding hydrogens is 286 g/mol. The van der Waals surface area contributed by atoms with Gasteiger partial charge in [-0.05, 0) is 43.5 Å². The van der Waals surface area contributed by atoms with Gasteiger partial charge in [0.15, 0.2) is 0 Å². The predicted molar refractivity (Wildman–Crippen MR) is 94.3 cm³/mol. The van der Waals surface area contributed by atoms with E-state index in [1.807, 2.05) is 12.3 Å². The van der Waals surface area contributed by atoms with E-state index in [0.29, 0.717) is 6.04 Å². The molecule has 1 saturated heterocycles. The molecule has 5 heteroatoms. The van der Waals surface area contributed by atoms with Crippen molar-refractivity contribution in [3.63, 3.8) is 0 Å². The fourth-order valence-corrected chi connectivity index (χ4v) is 3.01. The van der Waals surface area contributed by atoms with Gasteiger partial charge in [0, 0.05) is 44.1 Å². The molecule has 1 aromatic carbocycles. The summed E-state index contributed by atoms with van der Waals surface area (Å²) in [5, 5.41) is 3.45. The Kier molecular flexibility index (Phi) is 3.77. The molecule has 0 amide bonds. The van der Waals surface area contributed by atoms with Crippen LogP contribution in [-0.2, 0) is 0 Å². The second kappa shape index (κ2) is 6.07. The van der Waals surface area contributed by atoms with Gasteiger partial charge in [-0.1, -0.05) is 12.1 Å². The van der Waals surface area contributed by atoms with E-state index in [2.05, 4.69) is 56.3 Å². The van der Waals surface area contributed by atoms with Gasteiger partial charge in [-0.25, -0.2) is 4.98 Å². The number of piperazine rings is 1. The van der Waals surface area contributed by atoms with Gasteiger partial charge in [0.2, 0.25) is 5.95 Å². The molecular formula is C18H23N5. The summed E-state index contributed by atoms with van der Waals surface area (Å²) in [6.45, 7) is 6.08. The molecule has 23 heavy (non-hydrogen) atoms. The number of hydrogen-bond donors (Lipinski definition) is 1. The van der Waals surface area contributed by atoms with E-state index in [1.54, 1.807) is 0 Å². The van der Waals surface area contributed by atoms with Crippen molar-refractivity contribution in [3.8, 4) is 0 Å². The average molecular weight is 309 g/mol. The Morgan fingerprint density at radius 3 is 2.57 bits per heavy atom. The molecule has 1 saturated carbocycles. The molecule has 120 valence electrons. The first-order valence-electron chi connectivity index (χ1n) is 8.44. The van der Waals surface area contributed by atoms with Crippen molar-refractivity contribution in [2.45, 2.75) is 25.8 Å². The van der Waals surface area contributed by atoms with Crippen LogP contribution in [0.5, 0.6) is 0 Å². The summed E-state index contributed by atoms with van der Waals surface area (Å²) in [5.41, 5.74) is 2.63. The topological polar surface area (TPSA) is 44.3 Å². The quantitative estimate of drug-likeness (QED) is 0.941. The highest BCUT2D eigenvalue weighted by molar-refractivity contribution is 5.51. The largest absolute Gasteiger partial charge is 0.368 e. The van der Waals surface area contributed by atoms with Gasteiger partial charge in [0.05, 0.1) is 0 Å². The summed E-state index contributed by atoms with van der Waals surface area (Å²) in [6.07, 6.45) is 4.38. The minimum Gasteiger partial charge on any atom is -0.368 e. The van der Waals surface area contributed by atoms with Crippen molar-refractivity contribution in [3.05, 3.63) is 42.1 Å². The second-order valence-corrected chi connectivity index (χ2v) is 6.47. The van der Waals surface area contributed by atoms with Crippen LogP contribution in [0.15, 0.2) is 36.5 Å². The molecule has 4 rings (SSSR count). The Labute approximate surface area is 137 Å². The van der Waals surface area contributed by atoms with E-state index in [1.165, 1.54) is 24.1 Å². The zero-order valence-electron chi connectivity index (χ0n) is 13.6. The Bertz CT molecular complexity index is 675. The molecule has 0 radical (unpaired) electrons. The third-order valence-electron chi connectivity index (χ3n) is 4.50. The second-order valence-electron chi connectivity index (χ2n) is 6.47. The van der Waals surface area contributed by atoms with E-state index in [9.17, 15) is 0 Å². The summed E-state index contributed by atoms with van der Waals surface area (Å²) in [7, 11) is 0. The SMILES string of the molecule is Cc1cccc(N2CCN(c3nccc(NC4CC4)n3)CC2)c1. The lowest BCUT2D eigenvalue weighted by molar-refractivity contribution is 0.640. The van der Waals surface area contributed by atoms with Crippen LogP contribution >= 0.6 is 0 Å². The average Bonchev–Trinajstić information content (AvgIpc) is 3.39. The molecule has 2 heterocycles. The van der Waals surface area contributed by atoms with Crippen LogP contribution in [0, 0.1) is 6.92 Å². The number of benzene rings is 1. The molecule has 1 aromatic heterocycles. The fraction of sp³-hybridized carbons (Fsp3) is 0.444. The molecule has 2 aliphatic rings. The highest BCUT2D eigenvalue weighted by Gasteiger charge is 2.23. The van der Waals surface area contributed by atoms with Crippen LogP contribution in [0.3, 0.4) is 0 Å². The molecule has 1 aliphatic heterocycles. The molecule has 5 nitrogen and oxygen atoms in total. The van der Waals surface area contributed by atoms with Gasteiger partial charge in [-0.2, -0.15) is 4.98 Å². The van der Waals surface area contributed by atoms with Crippen LogP contribution < -0.4 is 15.1 Å². The van der Waals surface area contributed by atoms with E-state index >= 15 is 0 Å². The van der Waals surface area contributed by atoms with Crippen molar-refractivity contribution in [1.29, 1.82) is 0 Å². The number of rotatable bonds is 4. The first kappa shape index (κ1) is 14.3.